The molecule has 0 bridgehead atoms. The Morgan fingerprint density at radius 3 is 2.76 bits per heavy atom. The minimum atomic E-state index is -0.122. The Bertz CT molecular complexity index is 413. The molecule has 0 aliphatic carbocycles. The zero-order valence-electron chi connectivity index (χ0n) is 10.1. The molecule has 0 amide bonds. The molecule has 0 radical (unpaired) electrons. The molecule has 90 valence electrons. The van der Waals surface area contributed by atoms with Gasteiger partial charge >= 0.3 is 0 Å². The Hall–Kier alpha value is -1.61. The van der Waals surface area contributed by atoms with Crippen molar-refractivity contribution in [2.45, 2.75) is 13.0 Å². The fraction of sp³-hybridized carbons (Fsp3) is 0.357. The van der Waals surface area contributed by atoms with Crippen molar-refractivity contribution in [3.8, 4) is 0 Å². The van der Waals surface area contributed by atoms with Gasteiger partial charge in [-0.05, 0) is 24.6 Å². The van der Waals surface area contributed by atoms with E-state index in [1.165, 1.54) is 0 Å². The van der Waals surface area contributed by atoms with Gasteiger partial charge in [0.05, 0.1) is 0 Å². The SMILES string of the molecule is C=C(C)C(=O)C1CNCCN1c1ccccc1. The van der Waals surface area contributed by atoms with Crippen molar-refractivity contribution in [3.63, 3.8) is 0 Å². The smallest absolute Gasteiger partial charge is 0.181 e. The van der Waals surface area contributed by atoms with Crippen molar-refractivity contribution < 1.29 is 4.79 Å². The molecule has 1 unspecified atom stereocenters. The van der Waals surface area contributed by atoms with Crippen LogP contribution in [0, 0.1) is 0 Å². The summed E-state index contributed by atoms with van der Waals surface area (Å²) in [6, 6.07) is 9.96. The number of carbonyl (C=O) groups is 1. The van der Waals surface area contributed by atoms with Crippen molar-refractivity contribution in [2.24, 2.45) is 0 Å². The predicted octanol–water partition coefficient (Wildman–Crippen LogP) is 1.61. The Kier molecular flexibility index (Phi) is 3.59. The number of para-hydroxylation sites is 1. The lowest BCUT2D eigenvalue weighted by atomic mass is 10.0. The fourth-order valence-electron chi connectivity index (χ4n) is 2.15. The molecule has 1 N–H and O–H groups in total. The zero-order valence-corrected chi connectivity index (χ0v) is 10.1. The monoisotopic (exact) mass is 230 g/mol. The van der Waals surface area contributed by atoms with Crippen LogP contribution in [-0.2, 0) is 4.79 Å². The third-order valence-corrected chi connectivity index (χ3v) is 3.05. The van der Waals surface area contributed by atoms with Gasteiger partial charge in [0.1, 0.15) is 6.04 Å². The minimum Gasteiger partial charge on any atom is -0.359 e. The molecule has 17 heavy (non-hydrogen) atoms. The lowest BCUT2D eigenvalue weighted by Gasteiger charge is -2.37. The van der Waals surface area contributed by atoms with Crippen LogP contribution in [0.25, 0.3) is 0 Å². The van der Waals surface area contributed by atoms with Gasteiger partial charge in [-0.2, -0.15) is 0 Å². The van der Waals surface area contributed by atoms with E-state index in [2.05, 4.69) is 16.8 Å². The molecule has 0 saturated carbocycles. The van der Waals surface area contributed by atoms with Gasteiger partial charge < -0.3 is 10.2 Å². The van der Waals surface area contributed by atoms with Crippen LogP contribution in [-0.4, -0.2) is 31.5 Å². The largest absolute Gasteiger partial charge is 0.359 e. The van der Waals surface area contributed by atoms with E-state index in [1.807, 2.05) is 30.3 Å². The lowest BCUT2D eigenvalue weighted by Crippen LogP contribution is -2.55. The maximum atomic E-state index is 12.1. The average Bonchev–Trinajstić information content (AvgIpc) is 2.39. The summed E-state index contributed by atoms with van der Waals surface area (Å²) in [7, 11) is 0. The molecule has 0 aromatic heterocycles. The van der Waals surface area contributed by atoms with Crippen LogP contribution >= 0.6 is 0 Å². The van der Waals surface area contributed by atoms with Gasteiger partial charge in [0.25, 0.3) is 0 Å². The maximum absolute atomic E-state index is 12.1. The van der Waals surface area contributed by atoms with E-state index >= 15 is 0 Å². The second kappa shape index (κ2) is 5.15. The van der Waals surface area contributed by atoms with Crippen LogP contribution in [0.3, 0.4) is 0 Å². The molecule has 1 aromatic rings. The normalized spacial score (nSPS) is 20.1. The first-order chi connectivity index (χ1) is 8.20. The quantitative estimate of drug-likeness (QED) is 0.801. The highest BCUT2D eigenvalue weighted by atomic mass is 16.1. The van der Waals surface area contributed by atoms with Gasteiger partial charge in [-0.1, -0.05) is 24.8 Å². The van der Waals surface area contributed by atoms with Gasteiger partial charge in [-0.3, -0.25) is 4.79 Å². The molecule has 2 rings (SSSR count). The highest BCUT2D eigenvalue weighted by Crippen LogP contribution is 2.19. The van der Waals surface area contributed by atoms with E-state index in [-0.39, 0.29) is 11.8 Å². The first kappa shape index (κ1) is 11.9. The number of Topliss-reactive ketones (excluding diaryl/α,β-unsaturated/α-hetero) is 1. The van der Waals surface area contributed by atoms with Crippen molar-refractivity contribution in [1.82, 2.24) is 5.32 Å². The molecule has 1 aliphatic rings. The maximum Gasteiger partial charge on any atom is 0.181 e. The van der Waals surface area contributed by atoms with Crippen LogP contribution in [0.4, 0.5) is 5.69 Å². The van der Waals surface area contributed by atoms with Crippen LogP contribution in [0.2, 0.25) is 0 Å². The van der Waals surface area contributed by atoms with Crippen molar-refractivity contribution in [1.29, 1.82) is 0 Å². The van der Waals surface area contributed by atoms with E-state index in [9.17, 15) is 4.79 Å². The number of ketones is 1. The summed E-state index contributed by atoms with van der Waals surface area (Å²) in [4.78, 5) is 14.3. The van der Waals surface area contributed by atoms with E-state index in [1.54, 1.807) is 6.92 Å². The molecule has 3 nitrogen and oxygen atoms in total. The van der Waals surface area contributed by atoms with Gasteiger partial charge in [-0.25, -0.2) is 0 Å². The zero-order chi connectivity index (χ0) is 12.3. The highest BCUT2D eigenvalue weighted by molar-refractivity contribution is 6.00. The summed E-state index contributed by atoms with van der Waals surface area (Å²) in [5.74, 6) is 0.126. The molecule has 1 saturated heterocycles. The minimum absolute atomic E-state index is 0.122. The molecular formula is C14H18N2O. The predicted molar refractivity (Wildman–Crippen MR) is 70.3 cm³/mol. The third-order valence-electron chi connectivity index (χ3n) is 3.05. The summed E-state index contributed by atoms with van der Waals surface area (Å²) < 4.78 is 0. The summed E-state index contributed by atoms with van der Waals surface area (Å²) in [6.07, 6.45) is 0. The third kappa shape index (κ3) is 2.56. The van der Waals surface area contributed by atoms with Crippen LogP contribution in [0.15, 0.2) is 42.5 Å². The molecule has 3 heteroatoms. The molecule has 1 aromatic carbocycles. The van der Waals surface area contributed by atoms with E-state index in [4.69, 9.17) is 0 Å². The summed E-state index contributed by atoms with van der Waals surface area (Å²) >= 11 is 0. The van der Waals surface area contributed by atoms with Crippen LogP contribution < -0.4 is 10.2 Å². The van der Waals surface area contributed by atoms with Crippen LogP contribution in [0.5, 0.6) is 0 Å². The van der Waals surface area contributed by atoms with E-state index in [0.717, 1.165) is 18.8 Å². The molecule has 1 heterocycles. The number of piperazine rings is 1. The number of benzene rings is 1. The van der Waals surface area contributed by atoms with Gasteiger partial charge in [0.15, 0.2) is 5.78 Å². The standard InChI is InChI=1S/C14H18N2O/c1-11(2)14(17)13-10-15-8-9-16(13)12-6-4-3-5-7-12/h3-7,13,15H,1,8-10H2,2H3. The topological polar surface area (TPSA) is 32.3 Å². The fourth-order valence-corrected chi connectivity index (χ4v) is 2.15. The van der Waals surface area contributed by atoms with Crippen molar-refractivity contribution in [3.05, 3.63) is 42.5 Å². The van der Waals surface area contributed by atoms with E-state index < -0.39 is 0 Å². The van der Waals surface area contributed by atoms with Gasteiger partial charge in [-0.15, -0.1) is 0 Å². The van der Waals surface area contributed by atoms with E-state index in [0.29, 0.717) is 12.1 Å². The molecule has 1 atom stereocenters. The number of nitrogens with zero attached hydrogens (tertiary/aromatic N) is 1. The first-order valence-corrected chi connectivity index (χ1v) is 5.92. The Morgan fingerprint density at radius 2 is 2.12 bits per heavy atom. The Balaban J connectivity index is 2.24. The number of rotatable bonds is 3. The highest BCUT2D eigenvalue weighted by Gasteiger charge is 2.28. The molecular weight excluding hydrogens is 212 g/mol. The number of nitrogens with one attached hydrogen (secondary N) is 1. The number of hydrogen-bond acceptors (Lipinski definition) is 3. The summed E-state index contributed by atoms with van der Waals surface area (Å²) in [5.41, 5.74) is 1.73. The molecule has 1 aliphatic heterocycles. The second-order valence-electron chi connectivity index (χ2n) is 4.39. The Labute approximate surface area is 102 Å². The molecule has 1 fully saturated rings. The number of anilines is 1. The second-order valence-corrected chi connectivity index (χ2v) is 4.39. The van der Waals surface area contributed by atoms with Crippen LogP contribution in [0.1, 0.15) is 6.92 Å². The number of carbonyl (C=O) groups excluding carboxylic acids is 1. The number of hydrogen-bond donors (Lipinski definition) is 1. The lowest BCUT2D eigenvalue weighted by molar-refractivity contribution is -0.116. The summed E-state index contributed by atoms with van der Waals surface area (Å²) in [6.45, 7) is 7.99. The Morgan fingerprint density at radius 1 is 1.41 bits per heavy atom. The van der Waals surface area contributed by atoms with Gasteiger partial charge in [0, 0.05) is 25.3 Å². The summed E-state index contributed by atoms with van der Waals surface area (Å²) in [5, 5.41) is 3.27. The van der Waals surface area contributed by atoms with Crippen molar-refractivity contribution in [2.75, 3.05) is 24.5 Å². The van der Waals surface area contributed by atoms with Gasteiger partial charge in [0.2, 0.25) is 0 Å². The molecule has 0 spiro atoms. The first-order valence-electron chi connectivity index (χ1n) is 5.92. The van der Waals surface area contributed by atoms with Crippen molar-refractivity contribution >= 4 is 11.5 Å². The average molecular weight is 230 g/mol.